The number of hydrogen-bond donors (Lipinski definition) is 2. The summed E-state index contributed by atoms with van der Waals surface area (Å²) in [5.41, 5.74) is 2.66. The fourth-order valence-corrected chi connectivity index (χ4v) is 3.23. The summed E-state index contributed by atoms with van der Waals surface area (Å²) in [6, 6.07) is 18.2. The minimum absolute atomic E-state index is 0.495. The molecule has 3 rings (SSSR count). The van der Waals surface area contributed by atoms with Gasteiger partial charge in [-0.25, -0.2) is 4.79 Å². The number of benzene rings is 2. The van der Waals surface area contributed by atoms with Gasteiger partial charge in [0.2, 0.25) is 0 Å². The lowest BCUT2D eigenvalue weighted by molar-refractivity contribution is 0.0655. The van der Waals surface area contributed by atoms with Crippen molar-refractivity contribution in [1.82, 2.24) is 10.2 Å². The second kappa shape index (κ2) is 5.81. The van der Waals surface area contributed by atoms with Gasteiger partial charge in [0.1, 0.15) is 0 Å². The van der Waals surface area contributed by atoms with E-state index in [1.807, 2.05) is 43.3 Å². The van der Waals surface area contributed by atoms with Gasteiger partial charge in [0.15, 0.2) is 0 Å². The molecule has 1 atom stereocenters. The van der Waals surface area contributed by atoms with Crippen LogP contribution in [-0.4, -0.2) is 35.7 Å². The Morgan fingerprint density at radius 3 is 2.55 bits per heavy atom. The van der Waals surface area contributed by atoms with Crippen LogP contribution in [0.2, 0.25) is 0 Å². The van der Waals surface area contributed by atoms with Crippen molar-refractivity contribution in [2.45, 2.75) is 12.5 Å². The Hall–Kier alpha value is -2.33. The predicted octanol–water partition coefficient (Wildman–Crippen LogP) is 3.15. The summed E-state index contributed by atoms with van der Waals surface area (Å²) in [4.78, 5) is 13.2. The molecule has 0 radical (unpaired) electrons. The van der Waals surface area contributed by atoms with Crippen molar-refractivity contribution in [3.05, 3.63) is 60.2 Å². The first kappa shape index (κ1) is 14.6. The van der Waals surface area contributed by atoms with Crippen LogP contribution in [-0.2, 0) is 5.54 Å². The number of hydrogen-bond acceptors (Lipinski definition) is 2. The average molecular weight is 296 g/mol. The zero-order valence-electron chi connectivity index (χ0n) is 12.6. The van der Waals surface area contributed by atoms with Crippen LogP contribution in [0.1, 0.15) is 12.5 Å². The van der Waals surface area contributed by atoms with Gasteiger partial charge in [0.05, 0.1) is 5.54 Å². The molecule has 0 aromatic heterocycles. The maximum Gasteiger partial charge on any atom is 0.408 e. The zero-order valence-corrected chi connectivity index (χ0v) is 12.6. The number of carboxylic acid groups (broad SMARTS) is 1. The van der Waals surface area contributed by atoms with E-state index in [2.05, 4.69) is 23.5 Å². The Morgan fingerprint density at radius 1 is 1.14 bits per heavy atom. The largest absolute Gasteiger partial charge is 0.465 e. The summed E-state index contributed by atoms with van der Waals surface area (Å²) < 4.78 is 0. The van der Waals surface area contributed by atoms with E-state index >= 15 is 0 Å². The highest BCUT2D eigenvalue weighted by Crippen LogP contribution is 2.36. The van der Waals surface area contributed by atoms with E-state index in [0.717, 1.165) is 16.7 Å². The molecule has 2 aromatic rings. The quantitative estimate of drug-likeness (QED) is 0.895. The molecular formula is C18H20N2O2. The van der Waals surface area contributed by atoms with Crippen LogP contribution in [0.25, 0.3) is 11.1 Å². The Bertz CT molecular complexity index is 672. The average Bonchev–Trinajstić information content (AvgIpc) is 2.56. The predicted molar refractivity (Wildman–Crippen MR) is 86.8 cm³/mol. The topological polar surface area (TPSA) is 52.6 Å². The van der Waals surface area contributed by atoms with E-state index in [4.69, 9.17) is 0 Å². The van der Waals surface area contributed by atoms with Crippen molar-refractivity contribution in [2.75, 3.05) is 19.6 Å². The molecule has 0 spiro atoms. The fourth-order valence-electron chi connectivity index (χ4n) is 3.23. The molecule has 1 amide bonds. The molecule has 0 saturated carbocycles. The van der Waals surface area contributed by atoms with Gasteiger partial charge >= 0.3 is 6.09 Å². The molecule has 1 fully saturated rings. The Balaban J connectivity index is 2.13. The zero-order chi connectivity index (χ0) is 15.6. The number of carbonyl (C=O) groups is 1. The number of piperazine rings is 1. The van der Waals surface area contributed by atoms with Gasteiger partial charge in [-0.15, -0.1) is 0 Å². The molecule has 2 aromatic carbocycles. The maximum atomic E-state index is 11.7. The van der Waals surface area contributed by atoms with Gasteiger partial charge in [-0.2, -0.15) is 0 Å². The van der Waals surface area contributed by atoms with E-state index in [-0.39, 0.29) is 0 Å². The van der Waals surface area contributed by atoms with E-state index in [1.165, 1.54) is 0 Å². The number of amides is 1. The molecule has 1 aliphatic heterocycles. The first-order valence-corrected chi connectivity index (χ1v) is 7.49. The minimum Gasteiger partial charge on any atom is -0.465 e. The van der Waals surface area contributed by atoms with Crippen LogP contribution in [0, 0.1) is 0 Å². The Morgan fingerprint density at radius 2 is 1.82 bits per heavy atom. The van der Waals surface area contributed by atoms with Gasteiger partial charge in [0.25, 0.3) is 0 Å². The molecule has 1 saturated heterocycles. The van der Waals surface area contributed by atoms with Gasteiger partial charge in [-0.05, 0) is 23.6 Å². The highest BCUT2D eigenvalue weighted by Gasteiger charge is 2.40. The molecule has 0 aliphatic carbocycles. The number of nitrogens with zero attached hydrogens (tertiary/aromatic N) is 1. The molecule has 1 unspecified atom stereocenters. The molecule has 0 bridgehead atoms. The standard InChI is InChI=1S/C18H20N2O2/c1-18(13-19-11-12-20(18)17(21)22)16-10-6-5-9-15(16)14-7-3-2-4-8-14/h2-10,19H,11-13H2,1H3,(H,21,22). The van der Waals surface area contributed by atoms with Crippen LogP contribution < -0.4 is 5.32 Å². The Labute approximate surface area is 130 Å². The van der Waals surface area contributed by atoms with Crippen LogP contribution in [0.15, 0.2) is 54.6 Å². The fraction of sp³-hybridized carbons (Fsp3) is 0.278. The summed E-state index contributed by atoms with van der Waals surface area (Å²) >= 11 is 0. The van der Waals surface area contributed by atoms with E-state index in [9.17, 15) is 9.90 Å². The monoisotopic (exact) mass is 296 g/mol. The molecule has 2 N–H and O–H groups in total. The van der Waals surface area contributed by atoms with Gasteiger partial charge < -0.3 is 10.4 Å². The van der Waals surface area contributed by atoms with Gasteiger partial charge in [0, 0.05) is 19.6 Å². The van der Waals surface area contributed by atoms with E-state index in [0.29, 0.717) is 19.6 Å². The first-order chi connectivity index (χ1) is 10.6. The third-order valence-electron chi connectivity index (χ3n) is 4.40. The molecule has 22 heavy (non-hydrogen) atoms. The van der Waals surface area contributed by atoms with Crippen LogP contribution in [0.3, 0.4) is 0 Å². The normalized spacial score (nSPS) is 21.6. The van der Waals surface area contributed by atoms with Crippen molar-refractivity contribution in [1.29, 1.82) is 0 Å². The van der Waals surface area contributed by atoms with Crippen LogP contribution >= 0.6 is 0 Å². The van der Waals surface area contributed by atoms with Crippen molar-refractivity contribution >= 4 is 6.09 Å². The third kappa shape index (κ3) is 2.46. The molecule has 4 heteroatoms. The summed E-state index contributed by atoms with van der Waals surface area (Å²) in [6.07, 6.45) is -0.869. The van der Waals surface area contributed by atoms with Crippen molar-refractivity contribution in [3.63, 3.8) is 0 Å². The van der Waals surface area contributed by atoms with Crippen LogP contribution in [0.5, 0.6) is 0 Å². The summed E-state index contributed by atoms with van der Waals surface area (Å²) in [5, 5.41) is 12.9. The molecular weight excluding hydrogens is 276 g/mol. The van der Waals surface area contributed by atoms with Crippen LogP contribution in [0.4, 0.5) is 4.79 Å². The van der Waals surface area contributed by atoms with E-state index < -0.39 is 11.6 Å². The number of rotatable bonds is 2. The number of nitrogens with one attached hydrogen (secondary N) is 1. The first-order valence-electron chi connectivity index (χ1n) is 7.49. The maximum absolute atomic E-state index is 11.7. The molecule has 1 aliphatic rings. The highest BCUT2D eigenvalue weighted by molar-refractivity contribution is 5.72. The lowest BCUT2D eigenvalue weighted by atomic mass is 9.83. The van der Waals surface area contributed by atoms with Crippen molar-refractivity contribution < 1.29 is 9.90 Å². The van der Waals surface area contributed by atoms with Crippen molar-refractivity contribution in [3.8, 4) is 11.1 Å². The van der Waals surface area contributed by atoms with Crippen molar-refractivity contribution in [2.24, 2.45) is 0 Å². The van der Waals surface area contributed by atoms with Gasteiger partial charge in [-0.3, -0.25) is 4.90 Å². The molecule has 1 heterocycles. The SMILES string of the molecule is CC1(c2ccccc2-c2ccccc2)CNCCN1C(=O)O. The summed E-state index contributed by atoms with van der Waals surface area (Å²) in [5.74, 6) is 0. The minimum atomic E-state index is -0.869. The highest BCUT2D eigenvalue weighted by atomic mass is 16.4. The second-order valence-corrected chi connectivity index (χ2v) is 5.80. The lowest BCUT2D eigenvalue weighted by Crippen LogP contribution is -2.59. The summed E-state index contributed by atoms with van der Waals surface area (Å²) in [7, 11) is 0. The smallest absolute Gasteiger partial charge is 0.408 e. The molecule has 114 valence electrons. The van der Waals surface area contributed by atoms with Gasteiger partial charge in [-0.1, -0.05) is 54.6 Å². The second-order valence-electron chi connectivity index (χ2n) is 5.80. The third-order valence-corrected chi connectivity index (χ3v) is 4.40. The summed E-state index contributed by atoms with van der Waals surface area (Å²) in [6.45, 7) is 3.79. The lowest BCUT2D eigenvalue weighted by Gasteiger charge is -2.44. The molecule has 4 nitrogen and oxygen atoms in total. The Kier molecular flexibility index (Phi) is 3.86. The van der Waals surface area contributed by atoms with E-state index in [1.54, 1.807) is 4.90 Å².